The molecule has 0 fully saturated rings. The standard InChI is InChI=1S/C19H22N4O2/c1-12-11-14(13(2)21-12)9-10-20-18(24)8-7-17-19(25)23-16-6-4-3-5-15(16)22-17/h3-6,11,21H,7-10H2,1-2H3,(H,20,24)(H,23,25). The molecule has 1 aromatic carbocycles. The van der Waals surface area contributed by atoms with Crippen LogP contribution in [0.1, 0.15) is 29.1 Å². The number of nitrogens with zero attached hydrogens (tertiary/aromatic N) is 1. The van der Waals surface area contributed by atoms with E-state index >= 15 is 0 Å². The van der Waals surface area contributed by atoms with E-state index in [0.29, 0.717) is 24.2 Å². The first kappa shape index (κ1) is 17.0. The molecule has 3 aromatic rings. The minimum absolute atomic E-state index is 0.0701. The van der Waals surface area contributed by atoms with E-state index in [9.17, 15) is 9.59 Å². The Hall–Kier alpha value is -2.89. The molecular weight excluding hydrogens is 316 g/mol. The summed E-state index contributed by atoms with van der Waals surface area (Å²) in [7, 11) is 0. The van der Waals surface area contributed by atoms with Crippen molar-refractivity contribution in [1.29, 1.82) is 0 Å². The molecule has 0 aliphatic carbocycles. The fourth-order valence-corrected chi connectivity index (χ4v) is 2.94. The normalized spacial score (nSPS) is 11.0. The number of nitrogens with one attached hydrogen (secondary N) is 3. The van der Waals surface area contributed by atoms with Crippen LogP contribution >= 0.6 is 0 Å². The van der Waals surface area contributed by atoms with Gasteiger partial charge < -0.3 is 15.3 Å². The topological polar surface area (TPSA) is 90.6 Å². The summed E-state index contributed by atoms with van der Waals surface area (Å²) >= 11 is 0. The zero-order chi connectivity index (χ0) is 17.8. The lowest BCUT2D eigenvalue weighted by Gasteiger charge is -2.05. The predicted molar refractivity (Wildman–Crippen MR) is 97.7 cm³/mol. The lowest BCUT2D eigenvalue weighted by atomic mass is 10.1. The van der Waals surface area contributed by atoms with E-state index in [1.807, 2.05) is 38.1 Å². The molecule has 130 valence electrons. The Morgan fingerprint density at radius 1 is 1.16 bits per heavy atom. The molecule has 3 rings (SSSR count). The van der Waals surface area contributed by atoms with Crippen molar-refractivity contribution in [2.24, 2.45) is 0 Å². The van der Waals surface area contributed by atoms with Gasteiger partial charge in [-0.25, -0.2) is 4.98 Å². The Labute approximate surface area is 145 Å². The van der Waals surface area contributed by atoms with Crippen LogP contribution in [0, 0.1) is 13.8 Å². The van der Waals surface area contributed by atoms with Crippen LogP contribution in [0.5, 0.6) is 0 Å². The molecule has 0 aliphatic rings. The molecule has 3 N–H and O–H groups in total. The van der Waals surface area contributed by atoms with Gasteiger partial charge in [0.1, 0.15) is 5.69 Å². The number of H-pyrrole nitrogens is 2. The SMILES string of the molecule is Cc1cc(CCNC(=O)CCc2nc3ccccc3[nH]c2=O)c(C)[nH]1. The highest BCUT2D eigenvalue weighted by atomic mass is 16.1. The second kappa shape index (κ2) is 7.34. The summed E-state index contributed by atoms with van der Waals surface area (Å²) in [4.78, 5) is 34.5. The van der Waals surface area contributed by atoms with Crippen LogP contribution in [0.15, 0.2) is 35.1 Å². The molecule has 0 atom stereocenters. The second-order valence-corrected chi connectivity index (χ2v) is 6.23. The Kier molecular flexibility index (Phi) is 4.97. The monoisotopic (exact) mass is 338 g/mol. The molecule has 0 aliphatic heterocycles. The van der Waals surface area contributed by atoms with Crippen molar-refractivity contribution >= 4 is 16.9 Å². The van der Waals surface area contributed by atoms with Crippen LogP contribution in [0.3, 0.4) is 0 Å². The van der Waals surface area contributed by atoms with Gasteiger partial charge in [0.2, 0.25) is 5.91 Å². The first-order valence-corrected chi connectivity index (χ1v) is 8.42. The van der Waals surface area contributed by atoms with Crippen LogP contribution in [0.2, 0.25) is 0 Å². The third-order valence-corrected chi connectivity index (χ3v) is 4.23. The number of aryl methyl sites for hydroxylation is 3. The number of fused-ring (bicyclic) bond motifs is 1. The van der Waals surface area contributed by atoms with Crippen molar-refractivity contribution in [2.45, 2.75) is 33.1 Å². The third-order valence-electron chi connectivity index (χ3n) is 4.23. The maximum atomic E-state index is 12.0. The third kappa shape index (κ3) is 4.15. The number of hydrogen-bond donors (Lipinski definition) is 3. The van der Waals surface area contributed by atoms with Gasteiger partial charge in [0.05, 0.1) is 11.0 Å². The van der Waals surface area contributed by atoms with Crippen molar-refractivity contribution in [3.05, 3.63) is 63.3 Å². The molecule has 0 saturated heterocycles. The van der Waals surface area contributed by atoms with Crippen molar-refractivity contribution in [1.82, 2.24) is 20.3 Å². The fourth-order valence-electron chi connectivity index (χ4n) is 2.94. The number of para-hydroxylation sites is 2. The van der Waals surface area contributed by atoms with Crippen LogP contribution in [-0.4, -0.2) is 27.4 Å². The number of aromatic nitrogens is 3. The molecule has 6 heteroatoms. The molecule has 6 nitrogen and oxygen atoms in total. The molecule has 0 unspecified atom stereocenters. The molecule has 0 saturated carbocycles. The smallest absolute Gasteiger partial charge is 0.270 e. The zero-order valence-corrected chi connectivity index (χ0v) is 14.5. The Morgan fingerprint density at radius 3 is 2.72 bits per heavy atom. The van der Waals surface area contributed by atoms with Gasteiger partial charge in [0.15, 0.2) is 0 Å². The summed E-state index contributed by atoms with van der Waals surface area (Å²) in [5, 5.41) is 2.90. The van der Waals surface area contributed by atoms with Crippen LogP contribution < -0.4 is 10.9 Å². The van der Waals surface area contributed by atoms with Crippen LogP contribution in [0.25, 0.3) is 11.0 Å². The van der Waals surface area contributed by atoms with E-state index in [2.05, 4.69) is 26.3 Å². The molecule has 0 spiro atoms. The van der Waals surface area contributed by atoms with Gasteiger partial charge in [0, 0.05) is 30.8 Å². The Bertz CT molecular complexity index is 955. The highest BCUT2D eigenvalue weighted by Gasteiger charge is 2.08. The minimum atomic E-state index is -0.232. The maximum absolute atomic E-state index is 12.0. The first-order valence-electron chi connectivity index (χ1n) is 8.42. The van der Waals surface area contributed by atoms with Gasteiger partial charge in [-0.3, -0.25) is 9.59 Å². The summed E-state index contributed by atoms with van der Waals surface area (Å²) in [6.07, 6.45) is 1.37. The second-order valence-electron chi connectivity index (χ2n) is 6.23. The predicted octanol–water partition coefficient (Wildman–Crippen LogP) is 2.16. The Balaban J connectivity index is 1.53. The molecule has 25 heavy (non-hydrogen) atoms. The molecule has 0 radical (unpaired) electrons. The van der Waals surface area contributed by atoms with E-state index in [4.69, 9.17) is 0 Å². The lowest BCUT2D eigenvalue weighted by Crippen LogP contribution is -2.27. The average Bonchev–Trinajstić information content (AvgIpc) is 2.90. The van der Waals surface area contributed by atoms with Crippen molar-refractivity contribution < 1.29 is 4.79 Å². The van der Waals surface area contributed by atoms with Crippen LogP contribution in [-0.2, 0) is 17.6 Å². The number of amides is 1. The van der Waals surface area contributed by atoms with Crippen molar-refractivity contribution in [3.63, 3.8) is 0 Å². The summed E-state index contributed by atoms with van der Waals surface area (Å²) in [5.41, 5.74) is 5.08. The van der Waals surface area contributed by atoms with Gasteiger partial charge in [-0.05, 0) is 44.0 Å². The summed E-state index contributed by atoms with van der Waals surface area (Å²) < 4.78 is 0. The molecule has 0 bridgehead atoms. The number of hydrogen-bond acceptors (Lipinski definition) is 3. The van der Waals surface area contributed by atoms with Crippen molar-refractivity contribution in [2.75, 3.05) is 6.54 Å². The largest absolute Gasteiger partial charge is 0.362 e. The highest BCUT2D eigenvalue weighted by Crippen LogP contribution is 2.09. The number of carbonyl (C=O) groups is 1. The number of aromatic amines is 2. The van der Waals surface area contributed by atoms with Gasteiger partial charge in [-0.2, -0.15) is 0 Å². The van der Waals surface area contributed by atoms with E-state index in [1.165, 1.54) is 5.56 Å². The van der Waals surface area contributed by atoms with E-state index in [-0.39, 0.29) is 17.9 Å². The summed E-state index contributed by atoms with van der Waals surface area (Å²) in [6, 6.07) is 9.47. The van der Waals surface area contributed by atoms with E-state index in [0.717, 1.165) is 23.3 Å². The zero-order valence-electron chi connectivity index (χ0n) is 14.5. The average molecular weight is 338 g/mol. The highest BCUT2D eigenvalue weighted by molar-refractivity contribution is 5.76. The fraction of sp³-hybridized carbons (Fsp3) is 0.316. The van der Waals surface area contributed by atoms with Gasteiger partial charge >= 0.3 is 0 Å². The first-order chi connectivity index (χ1) is 12.0. The summed E-state index contributed by atoms with van der Waals surface area (Å²) in [6.45, 7) is 4.63. The summed E-state index contributed by atoms with van der Waals surface area (Å²) in [5.74, 6) is -0.0701. The van der Waals surface area contributed by atoms with Crippen molar-refractivity contribution in [3.8, 4) is 0 Å². The van der Waals surface area contributed by atoms with Gasteiger partial charge in [0.25, 0.3) is 5.56 Å². The maximum Gasteiger partial charge on any atom is 0.270 e. The van der Waals surface area contributed by atoms with E-state index < -0.39 is 0 Å². The number of carbonyl (C=O) groups excluding carboxylic acids is 1. The van der Waals surface area contributed by atoms with Gasteiger partial charge in [-0.1, -0.05) is 12.1 Å². The van der Waals surface area contributed by atoms with E-state index in [1.54, 1.807) is 0 Å². The number of rotatable bonds is 6. The minimum Gasteiger partial charge on any atom is -0.362 e. The molecular formula is C19H22N4O2. The Morgan fingerprint density at radius 2 is 1.96 bits per heavy atom. The van der Waals surface area contributed by atoms with Gasteiger partial charge in [-0.15, -0.1) is 0 Å². The number of benzene rings is 1. The molecule has 2 heterocycles. The quantitative estimate of drug-likeness (QED) is 0.643. The van der Waals surface area contributed by atoms with Crippen LogP contribution in [0.4, 0.5) is 0 Å². The molecule has 2 aromatic heterocycles. The molecule has 1 amide bonds. The lowest BCUT2D eigenvalue weighted by molar-refractivity contribution is -0.121.